The second kappa shape index (κ2) is 5.82. The molecule has 7 nitrogen and oxygen atoms in total. The summed E-state index contributed by atoms with van der Waals surface area (Å²) in [5, 5.41) is 14.2. The van der Waals surface area contributed by atoms with Crippen molar-refractivity contribution in [3.63, 3.8) is 0 Å². The summed E-state index contributed by atoms with van der Waals surface area (Å²) in [7, 11) is 1.50. The minimum absolute atomic E-state index is 0.140. The molecule has 0 spiro atoms. The van der Waals surface area contributed by atoms with E-state index in [2.05, 4.69) is 5.10 Å². The Labute approximate surface area is 121 Å². The Bertz CT molecular complexity index is 479. The maximum Gasteiger partial charge on any atom is 0.327 e. The van der Waals surface area contributed by atoms with E-state index in [1.165, 1.54) is 23.7 Å². The van der Waals surface area contributed by atoms with Gasteiger partial charge in [0.2, 0.25) is 5.91 Å². The first-order valence-corrected chi connectivity index (χ1v) is 7.51. The molecule has 0 aromatic heterocycles. The minimum atomic E-state index is -0.998. The molecule has 2 aliphatic heterocycles. The third kappa shape index (κ3) is 2.65. The first-order chi connectivity index (χ1) is 9.45. The van der Waals surface area contributed by atoms with Crippen LogP contribution in [0.15, 0.2) is 5.10 Å². The highest BCUT2D eigenvalue weighted by Gasteiger charge is 2.42. The molecule has 2 heterocycles. The number of nitrogens with zero attached hydrogens (tertiary/aromatic N) is 3. The number of thioether (sulfide) groups is 1. The van der Waals surface area contributed by atoms with E-state index in [1.807, 2.05) is 6.92 Å². The number of carboxylic acids is 1. The van der Waals surface area contributed by atoms with Crippen molar-refractivity contribution in [2.45, 2.75) is 37.6 Å². The van der Waals surface area contributed by atoms with Crippen molar-refractivity contribution in [1.82, 2.24) is 9.91 Å². The fourth-order valence-electron chi connectivity index (χ4n) is 2.31. The molecule has 0 aromatic carbocycles. The number of hydrazone groups is 1. The molecular formula is C12H17N3O4S. The van der Waals surface area contributed by atoms with E-state index in [-0.39, 0.29) is 35.7 Å². The molecule has 2 aliphatic rings. The lowest BCUT2D eigenvalue weighted by Gasteiger charge is -2.28. The van der Waals surface area contributed by atoms with Crippen molar-refractivity contribution in [2.24, 2.45) is 5.10 Å². The third-order valence-electron chi connectivity index (χ3n) is 3.42. The van der Waals surface area contributed by atoms with Crippen LogP contribution in [0.2, 0.25) is 0 Å². The fourth-order valence-corrected chi connectivity index (χ4v) is 3.66. The van der Waals surface area contributed by atoms with Crippen LogP contribution < -0.4 is 0 Å². The van der Waals surface area contributed by atoms with Gasteiger partial charge in [0.1, 0.15) is 11.8 Å². The normalized spacial score (nSPS) is 26.7. The first-order valence-electron chi connectivity index (χ1n) is 6.46. The van der Waals surface area contributed by atoms with E-state index in [9.17, 15) is 19.5 Å². The molecule has 0 saturated carbocycles. The van der Waals surface area contributed by atoms with Gasteiger partial charge in [0, 0.05) is 25.6 Å². The highest BCUT2D eigenvalue weighted by atomic mass is 32.2. The van der Waals surface area contributed by atoms with Gasteiger partial charge in [-0.1, -0.05) is 6.92 Å². The van der Waals surface area contributed by atoms with Crippen LogP contribution in [-0.4, -0.2) is 62.7 Å². The number of carbonyl (C=O) groups is 3. The Morgan fingerprint density at radius 3 is 2.70 bits per heavy atom. The molecule has 1 saturated heterocycles. The Balaban J connectivity index is 2.23. The molecule has 0 bridgehead atoms. The molecule has 0 radical (unpaired) electrons. The summed E-state index contributed by atoms with van der Waals surface area (Å²) in [5.74, 6) is -1.11. The second-order valence-corrected chi connectivity index (χ2v) is 5.94. The maximum atomic E-state index is 12.5. The van der Waals surface area contributed by atoms with Crippen LogP contribution in [0, 0.1) is 0 Å². The van der Waals surface area contributed by atoms with E-state index in [1.54, 1.807) is 0 Å². The van der Waals surface area contributed by atoms with Crippen LogP contribution in [-0.2, 0) is 14.4 Å². The Hall–Kier alpha value is -1.57. The predicted molar refractivity (Wildman–Crippen MR) is 74.2 cm³/mol. The molecule has 2 rings (SSSR count). The molecule has 2 amide bonds. The van der Waals surface area contributed by atoms with Crippen molar-refractivity contribution in [1.29, 1.82) is 0 Å². The summed E-state index contributed by atoms with van der Waals surface area (Å²) in [6.07, 6.45) is 1.19. The molecule has 8 heteroatoms. The van der Waals surface area contributed by atoms with Crippen LogP contribution in [0.25, 0.3) is 0 Å². The van der Waals surface area contributed by atoms with Gasteiger partial charge >= 0.3 is 5.97 Å². The van der Waals surface area contributed by atoms with Crippen molar-refractivity contribution in [3.05, 3.63) is 0 Å². The Morgan fingerprint density at radius 1 is 1.45 bits per heavy atom. The number of amides is 2. The van der Waals surface area contributed by atoms with Crippen molar-refractivity contribution >= 4 is 35.3 Å². The summed E-state index contributed by atoms with van der Waals surface area (Å²) < 4.78 is 0. The maximum absolute atomic E-state index is 12.5. The van der Waals surface area contributed by atoms with Gasteiger partial charge in [-0.3, -0.25) is 9.59 Å². The van der Waals surface area contributed by atoms with Gasteiger partial charge in [0.15, 0.2) is 0 Å². The highest BCUT2D eigenvalue weighted by Crippen LogP contribution is 2.32. The zero-order chi connectivity index (χ0) is 14.9. The van der Waals surface area contributed by atoms with Gasteiger partial charge in [-0.25, -0.2) is 9.80 Å². The number of hydrogen-bond donors (Lipinski definition) is 1. The number of rotatable bonds is 3. The molecular weight excluding hydrogens is 282 g/mol. The molecule has 0 aromatic rings. The van der Waals surface area contributed by atoms with Gasteiger partial charge in [-0.2, -0.15) is 5.10 Å². The van der Waals surface area contributed by atoms with Crippen molar-refractivity contribution in [3.8, 4) is 0 Å². The summed E-state index contributed by atoms with van der Waals surface area (Å²) in [6, 6.07) is -0.817. The van der Waals surface area contributed by atoms with Gasteiger partial charge < -0.3 is 10.0 Å². The van der Waals surface area contributed by atoms with Crippen LogP contribution in [0.3, 0.4) is 0 Å². The summed E-state index contributed by atoms with van der Waals surface area (Å²) in [6.45, 7) is 1.92. The molecule has 2 unspecified atom stereocenters. The van der Waals surface area contributed by atoms with E-state index >= 15 is 0 Å². The number of hydrogen-bond acceptors (Lipinski definition) is 5. The lowest BCUT2D eigenvalue weighted by atomic mass is 10.1. The molecule has 20 heavy (non-hydrogen) atoms. The van der Waals surface area contributed by atoms with Gasteiger partial charge in [0.05, 0.1) is 5.37 Å². The van der Waals surface area contributed by atoms with E-state index in [0.29, 0.717) is 12.2 Å². The lowest BCUT2D eigenvalue weighted by Crippen LogP contribution is -2.49. The van der Waals surface area contributed by atoms with E-state index < -0.39 is 12.0 Å². The Morgan fingerprint density at radius 2 is 2.15 bits per heavy atom. The van der Waals surface area contributed by atoms with Crippen LogP contribution >= 0.6 is 11.8 Å². The largest absolute Gasteiger partial charge is 0.480 e. The predicted octanol–water partition coefficient (Wildman–Crippen LogP) is 0.359. The van der Waals surface area contributed by atoms with Gasteiger partial charge in [-0.05, 0) is 6.42 Å². The summed E-state index contributed by atoms with van der Waals surface area (Å²) in [5.41, 5.74) is 0.263. The molecule has 1 N–H and O–H groups in total. The third-order valence-corrected chi connectivity index (χ3v) is 4.87. The zero-order valence-electron chi connectivity index (χ0n) is 11.4. The monoisotopic (exact) mass is 299 g/mol. The summed E-state index contributed by atoms with van der Waals surface area (Å²) >= 11 is 1.47. The number of carboxylic acid groups (broad SMARTS) is 1. The van der Waals surface area contributed by atoms with Crippen LogP contribution in [0.4, 0.5) is 0 Å². The minimum Gasteiger partial charge on any atom is -0.480 e. The van der Waals surface area contributed by atoms with E-state index in [0.717, 1.165) is 5.01 Å². The van der Waals surface area contributed by atoms with Crippen LogP contribution in [0.5, 0.6) is 0 Å². The molecule has 1 fully saturated rings. The standard InChI is InChI=1S/C12H17N3O4S/c1-3-10-15(8(6-20-10)12(18)19)11(17)7-4-5-9(16)14(2)13-7/h8,10H,3-6H2,1-2H3,(H,18,19). The fraction of sp³-hybridized carbons (Fsp3) is 0.667. The van der Waals surface area contributed by atoms with Crippen molar-refractivity contribution in [2.75, 3.05) is 12.8 Å². The quantitative estimate of drug-likeness (QED) is 0.812. The van der Waals surface area contributed by atoms with Gasteiger partial charge in [0.25, 0.3) is 5.91 Å². The van der Waals surface area contributed by atoms with E-state index in [4.69, 9.17) is 0 Å². The van der Waals surface area contributed by atoms with Crippen LogP contribution in [0.1, 0.15) is 26.2 Å². The lowest BCUT2D eigenvalue weighted by molar-refractivity contribution is -0.146. The topological polar surface area (TPSA) is 90.3 Å². The molecule has 110 valence electrons. The number of aliphatic carboxylic acids is 1. The average Bonchev–Trinajstić information content (AvgIpc) is 2.85. The molecule has 2 atom stereocenters. The van der Waals surface area contributed by atoms with Crippen molar-refractivity contribution < 1.29 is 19.5 Å². The zero-order valence-corrected chi connectivity index (χ0v) is 12.2. The SMILES string of the molecule is CCC1SCC(C(=O)O)N1C(=O)C1=NN(C)C(=O)CC1. The smallest absolute Gasteiger partial charge is 0.327 e. The highest BCUT2D eigenvalue weighted by molar-refractivity contribution is 8.00. The molecule has 0 aliphatic carbocycles. The number of carbonyl (C=O) groups excluding carboxylic acids is 2. The Kier molecular flexibility index (Phi) is 4.32. The van der Waals surface area contributed by atoms with Gasteiger partial charge in [-0.15, -0.1) is 11.8 Å². The second-order valence-electron chi connectivity index (χ2n) is 4.73. The summed E-state index contributed by atoms with van der Waals surface area (Å²) in [4.78, 5) is 36.6. The first kappa shape index (κ1) is 14.8. The average molecular weight is 299 g/mol.